The predicted molar refractivity (Wildman–Crippen MR) is 398 cm³/mol. The number of rotatable bonds is 24. The van der Waals surface area contributed by atoms with E-state index in [1.807, 2.05) is 48.5 Å². The lowest BCUT2D eigenvalue weighted by Crippen LogP contribution is -2.63. The minimum Gasteiger partial charge on any atom is -0.453 e. The van der Waals surface area contributed by atoms with Crippen molar-refractivity contribution in [3.05, 3.63) is 166 Å². The van der Waals surface area contributed by atoms with E-state index in [9.17, 15) is 141 Å². The third-order valence-corrected chi connectivity index (χ3v) is 21.5. The molecule has 0 amide bonds. The van der Waals surface area contributed by atoms with Crippen molar-refractivity contribution in [1.82, 2.24) is 0 Å². The molecule has 9 atom stereocenters. The van der Waals surface area contributed by atoms with Gasteiger partial charge in [-0.15, -0.1) is 0 Å². The summed E-state index contributed by atoms with van der Waals surface area (Å²) in [5, 5.41) is 46.8. The Morgan fingerprint density at radius 3 is 0.984 bits per heavy atom. The molecule has 18 nitrogen and oxygen atoms in total. The maximum Gasteiger partial charge on any atom is 0.449 e. The Balaban J connectivity index is 0.000000401. The highest BCUT2D eigenvalue weighted by molar-refractivity contribution is 5.91. The topological polar surface area (TPSA) is 260 Å². The summed E-state index contributed by atoms with van der Waals surface area (Å²) in [4.78, 5) is 60.6. The smallest absolute Gasteiger partial charge is 0.449 e. The molecule has 9 unspecified atom stereocenters. The molecular formula is C83H100F22O18. The number of benzene rings is 5. The van der Waals surface area contributed by atoms with Crippen molar-refractivity contribution in [1.29, 1.82) is 0 Å². The van der Waals surface area contributed by atoms with Crippen LogP contribution in [0.4, 0.5) is 96.6 Å². The van der Waals surface area contributed by atoms with E-state index in [0.717, 1.165) is 68.9 Å². The first kappa shape index (κ1) is 109. The number of esters is 5. The fraction of sp³-hybridized carbons (Fsp3) is 0.578. The van der Waals surface area contributed by atoms with Crippen molar-refractivity contribution in [2.45, 2.75) is 275 Å². The zero-order chi connectivity index (χ0) is 95.6. The quantitative estimate of drug-likeness (QED) is 0.0166. The van der Waals surface area contributed by atoms with Crippen molar-refractivity contribution < 1.29 is 184 Å². The summed E-state index contributed by atoms with van der Waals surface area (Å²) in [5.41, 5.74) is -17.9. The van der Waals surface area contributed by atoms with Gasteiger partial charge in [-0.1, -0.05) is 116 Å². The number of ether oxygens (including phenoxy) is 8. The summed E-state index contributed by atoms with van der Waals surface area (Å²) in [7, 11) is 0. The maximum absolute atomic E-state index is 14.3. The molecule has 2 saturated heterocycles. The van der Waals surface area contributed by atoms with Crippen LogP contribution in [0.25, 0.3) is 0 Å². The molecule has 2 fully saturated rings. The first-order valence-corrected chi connectivity index (χ1v) is 37.7. The Hall–Kier alpha value is -8.41. The van der Waals surface area contributed by atoms with E-state index in [1.54, 1.807) is 83.1 Å². The van der Waals surface area contributed by atoms with Gasteiger partial charge in [-0.05, 0) is 208 Å². The van der Waals surface area contributed by atoms with Gasteiger partial charge in [0.05, 0.1) is 53.9 Å². The molecule has 7 rings (SSSR count). The van der Waals surface area contributed by atoms with E-state index in [4.69, 9.17) is 19.3 Å². The molecule has 2 aliphatic heterocycles. The summed E-state index contributed by atoms with van der Waals surface area (Å²) in [6.07, 6.45) is -29.2. The molecule has 0 radical (unpaired) electrons. The van der Waals surface area contributed by atoms with Crippen LogP contribution < -0.4 is 9.47 Å². The number of aliphatic hydroxyl groups is 5. The predicted octanol–water partition coefficient (Wildman–Crippen LogP) is 20.7. The SMILES string of the molecule is CCC(C)(C)C(=O)Oc1ccc(C(=O)OC(C)(C)C(C)(O)C(F)(F)F)cc1.CCC(C)(C)C(=O)Oc1ccc(C(=O)OC2(C)COC(O)(C(F)(F)F)C2(F)F)cc1.CCC(C)c1ccc(C(=O)OC2(C)COC(O)(C(F)(F)F)C2(F)F)cc1.CCC(C)c1ccc(C(C)(O)C(F)(F)F)cc1.CCC(C)c1ccc(COCC(O)(C(F)(F)F)C(F)(F)F)cc1. The summed E-state index contributed by atoms with van der Waals surface area (Å²) in [6, 6.07) is 28.3. The Labute approximate surface area is 694 Å². The first-order chi connectivity index (χ1) is 55.5. The van der Waals surface area contributed by atoms with Gasteiger partial charge in [0.2, 0.25) is 11.2 Å². The molecule has 5 aromatic rings. The Bertz CT molecular complexity index is 4280. The van der Waals surface area contributed by atoms with Gasteiger partial charge in [-0.25, -0.2) is 14.4 Å². The number of hydrogen-bond donors (Lipinski definition) is 5. The van der Waals surface area contributed by atoms with Crippen molar-refractivity contribution >= 4 is 29.8 Å². The van der Waals surface area contributed by atoms with Gasteiger partial charge in [0.1, 0.15) is 17.1 Å². The lowest BCUT2D eigenvalue weighted by Gasteiger charge is -2.40. The third-order valence-electron chi connectivity index (χ3n) is 21.5. The fourth-order valence-electron chi connectivity index (χ4n) is 10.2. The Morgan fingerprint density at radius 2 is 0.715 bits per heavy atom. The van der Waals surface area contributed by atoms with Crippen LogP contribution in [0.2, 0.25) is 0 Å². The fourth-order valence-corrected chi connectivity index (χ4v) is 10.2. The highest BCUT2D eigenvalue weighted by atomic mass is 19.4. The largest absolute Gasteiger partial charge is 0.453 e. The van der Waals surface area contributed by atoms with Crippen molar-refractivity contribution in [2.75, 3.05) is 19.8 Å². The van der Waals surface area contributed by atoms with Gasteiger partial charge in [-0.2, -0.15) is 96.6 Å². The van der Waals surface area contributed by atoms with Crippen molar-refractivity contribution in [3.8, 4) is 11.5 Å². The van der Waals surface area contributed by atoms with E-state index >= 15 is 0 Å². The van der Waals surface area contributed by atoms with Crippen LogP contribution in [-0.4, -0.2) is 164 Å². The molecule has 40 heteroatoms. The monoisotopic (exact) mass is 1800 g/mol. The zero-order valence-electron chi connectivity index (χ0n) is 70.0. The summed E-state index contributed by atoms with van der Waals surface area (Å²) in [5.74, 6) is -22.9. The van der Waals surface area contributed by atoms with Crippen LogP contribution in [0, 0.1) is 10.8 Å². The molecule has 0 aromatic heterocycles. The molecule has 5 aromatic carbocycles. The average molecular weight is 1800 g/mol. The molecule has 123 heavy (non-hydrogen) atoms. The summed E-state index contributed by atoms with van der Waals surface area (Å²) >= 11 is 0. The number of carbonyl (C=O) groups excluding carboxylic acids is 5. The van der Waals surface area contributed by atoms with Gasteiger partial charge in [0, 0.05) is 0 Å². The third kappa shape index (κ3) is 24.8. The van der Waals surface area contributed by atoms with Crippen LogP contribution >= 0.6 is 0 Å². The van der Waals surface area contributed by atoms with Gasteiger partial charge in [-0.3, -0.25) is 9.59 Å². The highest BCUT2D eigenvalue weighted by Crippen LogP contribution is 2.57. The zero-order valence-corrected chi connectivity index (χ0v) is 70.0. The number of hydrogen-bond acceptors (Lipinski definition) is 18. The molecule has 0 bridgehead atoms. The summed E-state index contributed by atoms with van der Waals surface area (Å²) in [6.45, 7) is 21.7. The lowest BCUT2D eigenvalue weighted by molar-refractivity contribution is -0.409. The van der Waals surface area contributed by atoms with Crippen LogP contribution in [0.1, 0.15) is 233 Å². The number of halogens is 22. The molecule has 2 heterocycles. The molecule has 5 N–H and O–H groups in total. The van der Waals surface area contributed by atoms with Crippen LogP contribution in [0.3, 0.4) is 0 Å². The molecule has 694 valence electrons. The second-order valence-corrected chi connectivity index (χ2v) is 31.9. The van der Waals surface area contributed by atoms with E-state index < -0.39 is 161 Å². The molecule has 0 spiro atoms. The minimum absolute atomic E-state index is 0.0457. The lowest BCUT2D eigenvalue weighted by atomic mass is 9.86. The van der Waals surface area contributed by atoms with Crippen LogP contribution in [0.15, 0.2) is 121 Å². The Morgan fingerprint density at radius 1 is 0.423 bits per heavy atom. The van der Waals surface area contributed by atoms with Crippen LogP contribution in [0.5, 0.6) is 11.5 Å². The van der Waals surface area contributed by atoms with Gasteiger partial charge < -0.3 is 63.4 Å². The average Bonchev–Trinajstić information content (AvgIpc) is 1.56. The van der Waals surface area contributed by atoms with Gasteiger partial charge in [0.25, 0.3) is 5.60 Å². The first-order valence-electron chi connectivity index (χ1n) is 37.7. The highest BCUT2D eigenvalue weighted by Gasteiger charge is 2.84. The molecular weight excluding hydrogens is 1700 g/mol. The van der Waals surface area contributed by atoms with Crippen molar-refractivity contribution in [2.24, 2.45) is 10.8 Å². The summed E-state index contributed by atoms with van der Waals surface area (Å²) < 4.78 is 323. The normalized spacial score (nSPS) is 21.1. The molecule has 0 saturated carbocycles. The van der Waals surface area contributed by atoms with Crippen LogP contribution in [-0.2, 0) is 50.2 Å². The molecule has 0 aliphatic carbocycles. The standard InChI is InChI=1S/C19H21F5O6.C19H25F3O5.C17H19F5O4.C15H18F6O2.C13H17F3O/c1-5-15(2,3)14(26)29-12-8-6-11(7-9-12)13(25)30-16(4)10-28-18(27,17(16,20)21)19(22,23)24;1-7-16(2,3)15(24)26-13-10-8-12(9-11-13)14(23)27-17(4,5)18(6,25)19(20,21)22;1-4-10(2)11-5-7-12(8-6-11)13(23)26-14(3)9-25-16(24,15(14,18)19)17(20,21)22;1-3-10(2)12-6-4-11(5-7-12)8-23-9-13(22,14(16,17)18)15(19,20)21;1-4-9(2)10-5-7-11(8-6-10)12(3,17)13(14,15)16/h6-9,27H,5,10H2,1-4H3;8-11,25H,7H2,1-6H3;5-8,10,24H,4,9H2,1-3H3;4-7,10,22H,3,8-9H2,1-2H3;5-9,17H,4H2,1-3H3. The van der Waals surface area contributed by atoms with E-state index in [-0.39, 0.29) is 39.7 Å². The second kappa shape index (κ2) is 39.6. The van der Waals surface area contributed by atoms with E-state index in [0.29, 0.717) is 51.0 Å². The van der Waals surface area contributed by atoms with Gasteiger partial charge >= 0.3 is 90.3 Å². The van der Waals surface area contributed by atoms with Gasteiger partial charge in [0.15, 0.2) is 11.2 Å². The second-order valence-electron chi connectivity index (χ2n) is 31.9. The van der Waals surface area contributed by atoms with E-state index in [2.05, 4.69) is 23.7 Å². The number of alkyl halides is 22. The van der Waals surface area contributed by atoms with E-state index in [1.165, 1.54) is 60.7 Å². The number of carbonyl (C=O) groups is 5. The minimum atomic E-state index is -5.87. The Kier molecular flexibility index (Phi) is 35.1. The maximum atomic E-state index is 14.3. The molecule has 2 aliphatic rings. The van der Waals surface area contributed by atoms with Crippen molar-refractivity contribution in [3.63, 3.8) is 0 Å².